The number of Topliss-reactive ketones (excluding diaryl/α,β-unsaturated/α-hetero) is 1. The Kier molecular flexibility index (Phi) is 5.02. The van der Waals surface area contributed by atoms with Crippen molar-refractivity contribution >= 4 is 5.78 Å². The Balaban J connectivity index is 1.37. The Hall–Kier alpha value is -2.17. The number of ketones is 1. The van der Waals surface area contributed by atoms with Crippen molar-refractivity contribution in [3.05, 3.63) is 65.2 Å². The first-order valence-corrected chi connectivity index (χ1v) is 10.2. The maximum Gasteiger partial charge on any atom is 0.170 e. The fourth-order valence-electron chi connectivity index (χ4n) is 4.25. The number of ether oxygens (including phenoxy) is 1. The SMILES string of the molecule is CC(C)(O)CCc1ccc(CN2CC[C@]3(CC(=O)c4ccccc4O3)C2)cc1. The molecule has 0 unspecified atom stereocenters. The van der Waals surface area contributed by atoms with Gasteiger partial charge in [-0.15, -0.1) is 0 Å². The molecule has 2 aliphatic rings. The predicted octanol–water partition coefficient (Wildman–Crippen LogP) is 4.00. The first-order chi connectivity index (χ1) is 13.3. The molecule has 2 aromatic carbocycles. The Morgan fingerprint density at radius 3 is 2.57 bits per heavy atom. The van der Waals surface area contributed by atoms with Crippen LogP contribution in [0.25, 0.3) is 0 Å². The van der Waals surface area contributed by atoms with Crippen LogP contribution in [-0.4, -0.2) is 40.1 Å². The number of carbonyl (C=O) groups excluding carboxylic acids is 1. The van der Waals surface area contributed by atoms with Crippen molar-refractivity contribution in [3.63, 3.8) is 0 Å². The van der Waals surface area contributed by atoms with E-state index in [-0.39, 0.29) is 11.4 Å². The standard InChI is InChI=1S/C24H29NO3/c1-23(2,27)12-11-18-7-9-19(10-8-18)16-25-14-13-24(17-25)15-21(26)20-5-3-4-6-22(20)28-24/h3-10,27H,11-17H2,1-2H3/t24-/m0/s1. The molecular formula is C24H29NO3. The first kappa shape index (κ1) is 19.2. The lowest BCUT2D eigenvalue weighted by Gasteiger charge is -2.34. The van der Waals surface area contributed by atoms with Gasteiger partial charge in [-0.2, -0.15) is 0 Å². The van der Waals surface area contributed by atoms with Crippen molar-refractivity contribution in [1.29, 1.82) is 0 Å². The molecular weight excluding hydrogens is 350 g/mol. The highest BCUT2D eigenvalue weighted by Gasteiger charge is 2.45. The largest absolute Gasteiger partial charge is 0.485 e. The van der Waals surface area contributed by atoms with Crippen molar-refractivity contribution in [2.45, 2.75) is 57.3 Å². The van der Waals surface area contributed by atoms with Gasteiger partial charge in [-0.25, -0.2) is 0 Å². The number of hydrogen-bond donors (Lipinski definition) is 1. The third-order valence-corrected chi connectivity index (χ3v) is 5.85. The molecule has 0 radical (unpaired) electrons. The van der Waals surface area contributed by atoms with Gasteiger partial charge in [-0.1, -0.05) is 36.4 Å². The van der Waals surface area contributed by atoms with Gasteiger partial charge in [0.25, 0.3) is 0 Å². The molecule has 2 heterocycles. The van der Waals surface area contributed by atoms with Crippen LogP contribution in [0.15, 0.2) is 48.5 Å². The van der Waals surface area contributed by atoms with Gasteiger partial charge >= 0.3 is 0 Å². The number of hydrogen-bond acceptors (Lipinski definition) is 4. The number of para-hydroxylation sites is 1. The molecule has 2 aromatic rings. The van der Waals surface area contributed by atoms with E-state index in [4.69, 9.17) is 4.74 Å². The fourth-order valence-corrected chi connectivity index (χ4v) is 4.25. The summed E-state index contributed by atoms with van der Waals surface area (Å²) in [6.45, 7) is 6.29. The molecule has 2 aliphatic heterocycles. The predicted molar refractivity (Wildman–Crippen MR) is 110 cm³/mol. The average molecular weight is 380 g/mol. The highest BCUT2D eigenvalue weighted by atomic mass is 16.5. The molecule has 4 heteroatoms. The summed E-state index contributed by atoms with van der Waals surface area (Å²) in [6, 6.07) is 16.2. The maximum absolute atomic E-state index is 12.6. The van der Waals surface area contributed by atoms with Crippen molar-refractivity contribution in [2.75, 3.05) is 13.1 Å². The van der Waals surface area contributed by atoms with Crippen molar-refractivity contribution in [1.82, 2.24) is 4.90 Å². The zero-order chi connectivity index (χ0) is 19.8. The van der Waals surface area contributed by atoms with Gasteiger partial charge < -0.3 is 9.84 Å². The summed E-state index contributed by atoms with van der Waals surface area (Å²) < 4.78 is 6.32. The van der Waals surface area contributed by atoms with Crippen LogP contribution >= 0.6 is 0 Å². The van der Waals surface area contributed by atoms with Crippen molar-refractivity contribution in [3.8, 4) is 5.75 Å². The Labute approximate surface area is 167 Å². The Morgan fingerprint density at radius 2 is 1.82 bits per heavy atom. The molecule has 4 nitrogen and oxygen atoms in total. The lowest BCUT2D eigenvalue weighted by molar-refractivity contribution is 0.0455. The summed E-state index contributed by atoms with van der Waals surface area (Å²) in [4.78, 5) is 14.9. The number of nitrogens with zero attached hydrogens (tertiary/aromatic N) is 1. The third kappa shape index (κ3) is 4.29. The van der Waals surface area contributed by atoms with Gasteiger partial charge in [-0.05, 0) is 49.9 Å². The summed E-state index contributed by atoms with van der Waals surface area (Å²) >= 11 is 0. The number of likely N-dealkylation sites (tertiary alicyclic amines) is 1. The average Bonchev–Trinajstić information content (AvgIpc) is 3.02. The summed E-state index contributed by atoms with van der Waals surface area (Å²) in [7, 11) is 0. The van der Waals surface area contributed by atoms with Crippen molar-refractivity contribution in [2.24, 2.45) is 0 Å². The van der Waals surface area contributed by atoms with Gasteiger partial charge in [0.2, 0.25) is 0 Å². The van der Waals surface area contributed by atoms with Crippen LogP contribution in [0, 0.1) is 0 Å². The van der Waals surface area contributed by atoms with Crippen LogP contribution < -0.4 is 4.74 Å². The molecule has 0 saturated carbocycles. The number of carbonyl (C=O) groups is 1. The third-order valence-electron chi connectivity index (χ3n) is 5.85. The Morgan fingerprint density at radius 1 is 1.11 bits per heavy atom. The number of aliphatic hydroxyl groups is 1. The van der Waals surface area contributed by atoms with E-state index in [1.54, 1.807) is 0 Å². The van der Waals surface area contributed by atoms with Crippen LogP contribution in [0.1, 0.15) is 54.6 Å². The number of rotatable bonds is 5. The van der Waals surface area contributed by atoms with E-state index in [1.807, 2.05) is 38.1 Å². The normalized spacial score (nSPS) is 22.3. The minimum absolute atomic E-state index is 0.194. The molecule has 0 amide bonds. The number of benzene rings is 2. The van der Waals surface area contributed by atoms with Crippen LogP contribution in [0.3, 0.4) is 0 Å². The first-order valence-electron chi connectivity index (χ1n) is 10.2. The highest BCUT2D eigenvalue weighted by Crippen LogP contribution is 2.38. The smallest absolute Gasteiger partial charge is 0.170 e. The van der Waals surface area contributed by atoms with Crippen LogP contribution in [-0.2, 0) is 13.0 Å². The Bertz CT molecular complexity index is 853. The topological polar surface area (TPSA) is 49.8 Å². The zero-order valence-electron chi connectivity index (χ0n) is 16.8. The van der Waals surface area contributed by atoms with E-state index in [0.29, 0.717) is 12.0 Å². The minimum Gasteiger partial charge on any atom is -0.485 e. The highest BCUT2D eigenvalue weighted by molar-refractivity contribution is 6.00. The van der Waals surface area contributed by atoms with Crippen LogP contribution in [0.5, 0.6) is 5.75 Å². The summed E-state index contributed by atoms with van der Waals surface area (Å²) in [5.41, 5.74) is 2.23. The molecule has 28 heavy (non-hydrogen) atoms. The van der Waals surface area contributed by atoms with E-state index in [0.717, 1.165) is 44.6 Å². The maximum atomic E-state index is 12.6. The number of aryl methyl sites for hydroxylation is 1. The molecule has 1 saturated heterocycles. The molecule has 1 N–H and O–H groups in total. The lowest BCUT2D eigenvalue weighted by atomic mass is 9.89. The second-order valence-electron chi connectivity index (χ2n) is 8.97. The lowest BCUT2D eigenvalue weighted by Crippen LogP contribution is -2.44. The summed E-state index contributed by atoms with van der Waals surface area (Å²) in [5, 5.41) is 9.88. The second kappa shape index (κ2) is 7.34. The zero-order valence-corrected chi connectivity index (χ0v) is 16.8. The minimum atomic E-state index is -0.626. The van der Waals surface area contributed by atoms with Gasteiger partial charge in [0.05, 0.1) is 17.6 Å². The molecule has 0 bridgehead atoms. The molecule has 0 aromatic heterocycles. The van der Waals surface area contributed by atoms with Crippen LogP contribution in [0.2, 0.25) is 0 Å². The van der Waals surface area contributed by atoms with E-state index in [1.165, 1.54) is 11.1 Å². The molecule has 1 fully saturated rings. The van der Waals surface area contributed by atoms with E-state index in [2.05, 4.69) is 29.2 Å². The molecule has 4 rings (SSSR count). The fraction of sp³-hybridized carbons (Fsp3) is 0.458. The van der Waals surface area contributed by atoms with E-state index < -0.39 is 5.60 Å². The van der Waals surface area contributed by atoms with E-state index >= 15 is 0 Å². The van der Waals surface area contributed by atoms with Gasteiger partial charge in [0, 0.05) is 26.1 Å². The summed E-state index contributed by atoms with van der Waals surface area (Å²) in [6.07, 6.45) is 2.99. The molecule has 0 aliphatic carbocycles. The number of fused-ring (bicyclic) bond motifs is 1. The quantitative estimate of drug-likeness (QED) is 0.853. The van der Waals surface area contributed by atoms with Gasteiger partial charge in [0.1, 0.15) is 11.4 Å². The van der Waals surface area contributed by atoms with Crippen molar-refractivity contribution < 1.29 is 14.6 Å². The van der Waals surface area contributed by atoms with Crippen LogP contribution in [0.4, 0.5) is 0 Å². The second-order valence-corrected chi connectivity index (χ2v) is 8.97. The molecule has 148 valence electrons. The van der Waals surface area contributed by atoms with Gasteiger partial charge in [-0.3, -0.25) is 9.69 Å². The monoisotopic (exact) mass is 379 g/mol. The van der Waals surface area contributed by atoms with Gasteiger partial charge in [0.15, 0.2) is 5.78 Å². The van der Waals surface area contributed by atoms with E-state index in [9.17, 15) is 9.90 Å². The molecule has 1 spiro atoms. The molecule has 1 atom stereocenters. The summed E-state index contributed by atoms with van der Waals surface area (Å²) in [5.74, 6) is 0.927.